The number of hydrogen-bond donors (Lipinski definition) is 2. The maximum atomic E-state index is 13.0. The Labute approximate surface area is 219 Å². The van der Waals surface area contributed by atoms with E-state index >= 15 is 0 Å². The first kappa shape index (κ1) is 29.8. The molecule has 0 unspecified atom stereocenters. The first-order chi connectivity index (χ1) is 18.1. The van der Waals surface area contributed by atoms with E-state index in [4.69, 9.17) is 0 Å². The van der Waals surface area contributed by atoms with Crippen LogP contribution in [0.15, 0.2) is 84.2 Å². The number of aromatic nitrogens is 2. The van der Waals surface area contributed by atoms with Gasteiger partial charge in [-0.25, -0.2) is 0 Å². The number of aliphatic imine (C=N–C) groups is 1. The van der Waals surface area contributed by atoms with Crippen LogP contribution in [-0.2, 0) is 4.79 Å². The van der Waals surface area contributed by atoms with Crippen LogP contribution in [0.2, 0.25) is 0 Å². The summed E-state index contributed by atoms with van der Waals surface area (Å²) in [6.45, 7) is 5.04. The van der Waals surface area contributed by atoms with E-state index in [1.165, 1.54) is 13.2 Å². The molecule has 0 spiro atoms. The zero-order chi connectivity index (χ0) is 28.3. The monoisotopic (exact) mass is 523 g/mol. The number of allylic oxidation sites excluding steroid dienone is 2. The minimum absolute atomic E-state index is 0.281. The van der Waals surface area contributed by atoms with Crippen molar-refractivity contribution in [3.8, 4) is 22.4 Å². The van der Waals surface area contributed by atoms with Crippen LogP contribution in [0, 0.1) is 6.92 Å². The first-order valence-electron chi connectivity index (χ1n) is 11.3. The van der Waals surface area contributed by atoms with Crippen molar-refractivity contribution in [3.63, 3.8) is 0 Å². The number of anilines is 1. The van der Waals surface area contributed by atoms with Gasteiger partial charge in [0.25, 0.3) is 5.91 Å². The van der Waals surface area contributed by atoms with Gasteiger partial charge in [-0.05, 0) is 80.2 Å². The van der Waals surface area contributed by atoms with Gasteiger partial charge in [-0.15, -0.1) is 0 Å². The maximum absolute atomic E-state index is 13.0. The van der Waals surface area contributed by atoms with E-state index in [-0.39, 0.29) is 5.69 Å². The van der Waals surface area contributed by atoms with Crippen LogP contribution < -0.4 is 10.6 Å². The van der Waals surface area contributed by atoms with Crippen LogP contribution in [0.1, 0.15) is 16.1 Å². The minimum Gasteiger partial charge on any atom is -0.323 e. The number of nitrogens with one attached hydrogen (secondary N) is 2. The highest BCUT2D eigenvalue weighted by atomic mass is 19.4. The van der Waals surface area contributed by atoms with E-state index in [1.54, 1.807) is 42.6 Å². The van der Waals surface area contributed by atoms with Crippen molar-refractivity contribution in [1.82, 2.24) is 15.3 Å². The van der Waals surface area contributed by atoms with Gasteiger partial charge in [-0.1, -0.05) is 18.7 Å². The lowest BCUT2D eigenvalue weighted by Crippen LogP contribution is -2.23. The number of nitrogens with zero attached hydrogens (tertiary/aromatic N) is 3. The number of amides is 1. The van der Waals surface area contributed by atoms with Gasteiger partial charge in [-0.3, -0.25) is 24.5 Å². The van der Waals surface area contributed by atoms with Gasteiger partial charge in [0.1, 0.15) is 11.4 Å². The Balaban J connectivity index is 0.00000161. The molecule has 0 aliphatic carbocycles. The Morgan fingerprint density at radius 3 is 2.29 bits per heavy atom. The number of pyridine rings is 2. The molecule has 1 amide bonds. The molecular formula is C28H28F3N5O2. The number of carbonyl (C=O) groups excluding carboxylic acids is 2. The fourth-order valence-electron chi connectivity index (χ4n) is 3.27. The number of alkyl halides is 3. The molecule has 0 bridgehead atoms. The molecule has 2 N–H and O–H groups in total. The van der Waals surface area contributed by atoms with Gasteiger partial charge in [0.15, 0.2) is 6.29 Å². The van der Waals surface area contributed by atoms with Gasteiger partial charge in [-0.2, -0.15) is 13.2 Å². The molecule has 0 saturated carbocycles. The van der Waals surface area contributed by atoms with E-state index in [1.807, 2.05) is 27.1 Å². The molecule has 2 aromatic heterocycles. The zero-order valence-electron chi connectivity index (χ0n) is 21.4. The van der Waals surface area contributed by atoms with E-state index in [0.717, 1.165) is 16.7 Å². The minimum atomic E-state index is -4.66. The first-order valence-corrected chi connectivity index (χ1v) is 11.3. The summed E-state index contributed by atoms with van der Waals surface area (Å²) in [7, 11) is 4.98. The number of aldehydes is 1. The van der Waals surface area contributed by atoms with Crippen molar-refractivity contribution in [3.05, 3.63) is 90.4 Å². The number of rotatable bonds is 7. The van der Waals surface area contributed by atoms with Gasteiger partial charge < -0.3 is 10.6 Å². The molecule has 0 fully saturated rings. The van der Waals surface area contributed by atoms with Crippen molar-refractivity contribution < 1.29 is 22.8 Å². The molecule has 198 valence electrons. The number of benzene rings is 1. The third-order valence-corrected chi connectivity index (χ3v) is 5.08. The lowest BCUT2D eigenvalue weighted by atomic mass is 9.99. The second kappa shape index (κ2) is 13.8. The Bertz CT molecular complexity index is 1360. The molecule has 7 nitrogen and oxygen atoms in total. The van der Waals surface area contributed by atoms with Crippen LogP contribution in [-0.4, -0.2) is 55.2 Å². The second-order valence-electron chi connectivity index (χ2n) is 7.91. The summed E-state index contributed by atoms with van der Waals surface area (Å²) in [5.41, 5.74) is 3.00. The average Bonchev–Trinajstić information content (AvgIpc) is 2.90. The lowest BCUT2D eigenvalue weighted by molar-refractivity contribution is -0.110. The summed E-state index contributed by atoms with van der Waals surface area (Å²) < 4.78 is 39.1. The number of aryl methyl sites for hydroxylation is 1. The smallest absolute Gasteiger partial charge is 0.323 e. The van der Waals surface area contributed by atoms with E-state index in [9.17, 15) is 22.8 Å². The van der Waals surface area contributed by atoms with Gasteiger partial charge in [0, 0.05) is 30.7 Å². The molecule has 0 saturated heterocycles. The molecule has 0 atom stereocenters. The van der Waals surface area contributed by atoms with Crippen molar-refractivity contribution in [2.24, 2.45) is 4.99 Å². The van der Waals surface area contributed by atoms with E-state index in [0.29, 0.717) is 35.4 Å². The predicted molar refractivity (Wildman–Crippen MR) is 144 cm³/mol. The summed E-state index contributed by atoms with van der Waals surface area (Å²) in [6, 6.07) is 12.1. The van der Waals surface area contributed by atoms with Crippen molar-refractivity contribution in [2.45, 2.75) is 13.1 Å². The fourth-order valence-corrected chi connectivity index (χ4v) is 3.27. The zero-order valence-corrected chi connectivity index (χ0v) is 21.4. The van der Waals surface area contributed by atoms with E-state index in [2.05, 4.69) is 32.2 Å². The molecule has 0 aliphatic heterocycles. The highest BCUT2D eigenvalue weighted by molar-refractivity contribution is 6.47. The third kappa shape index (κ3) is 8.04. The average molecular weight is 524 g/mol. The maximum Gasteiger partial charge on any atom is 0.416 e. The number of carbonyl (C=O) groups is 2. The van der Waals surface area contributed by atoms with E-state index < -0.39 is 23.4 Å². The summed E-state index contributed by atoms with van der Waals surface area (Å²) >= 11 is 0. The quantitative estimate of drug-likeness (QED) is 0.244. The third-order valence-electron chi connectivity index (χ3n) is 5.08. The fraction of sp³-hybridized carbons (Fsp3) is 0.179. The van der Waals surface area contributed by atoms with Crippen LogP contribution in [0.3, 0.4) is 0 Å². The molecule has 0 radical (unpaired) electrons. The largest absolute Gasteiger partial charge is 0.416 e. The Kier molecular flexibility index (Phi) is 10.8. The van der Waals surface area contributed by atoms with Crippen LogP contribution in [0.5, 0.6) is 0 Å². The Morgan fingerprint density at radius 1 is 1.03 bits per heavy atom. The highest BCUT2D eigenvalue weighted by Gasteiger charge is 2.32. The standard InChI is InChI=1S/C26H21F3N4O2.C2H7N/c1-4-19(26(27,28)29)13-24(30-3)25(35)33-20-6-5-16(2)22(14-20)17-7-10-32-23(12-17)18-8-9-31-21(11-18)15-34;1-3-2/h4-15H,1H2,2-3H3,(H,33,35);3H,1-2H3/b19-13+,30-24?;. The number of hydrogen-bond acceptors (Lipinski definition) is 6. The van der Waals surface area contributed by atoms with Gasteiger partial charge in [0.05, 0.1) is 11.3 Å². The summed E-state index contributed by atoms with van der Waals surface area (Å²) in [4.78, 5) is 35.7. The SMILES string of the molecule is C=C/C(=C\C(=NC)C(=O)Nc1ccc(C)c(-c2ccnc(-c3ccnc(C=O)c3)c2)c1)C(F)(F)F.CNC. The van der Waals surface area contributed by atoms with Crippen LogP contribution in [0.25, 0.3) is 22.4 Å². The predicted octanol–water partition coefficient (Wildman–Crippen LogP) is 5.45. The Morgan fingerprint density at radius 2 is 1.68 bits per heavy atom. The molecular weight excluding hydrogens is 495 g/mol. The highest BCUT2D eigenvalue weighted by Crippen LogP contribution is 2.30. The van der Waals surface area contributed by atoms with Gasteiger partial charge in [0.2, 0.25) is 0 Å². The molecule has 38 heavy (non-hydrogen) atoms. The summed E-state index contributed by atoms with van der Waals surface area (Å²) in [5.74, 6) is -0.792. The number of halogens is 3. The molecule has 3 rings (SSSR count). The van der Waals surface area contributed by atoms with Gasteiger partial charge >= 0.3 is 6.18 Å². The van der Waals surface area contributed by atoms with Crippen LogP contribution >= 0.6 is 0 Å². The molecule has 2 heterocycles. The van der Waals surface area contributed by atoms with Crippen molar-refractivity contribution in [1.29, 1.82) is 0 Å². The molecule has 10 heteroatoms. The summed E-state index contributed by atoms with van der Waals surface area (Å²) in [6.07, 6.45) is 0.414. The Hall–Kier alpha value is -4.44. The van der Waals surface area contributed by atoms with Crippen molar-refractivity contribution in [2.75, 3.05) is 26.5 Å². The molecule has 0 aliphatic rings. The molecule has 1 aromatic carbocycles. The topological polar surface area (TPSA) is 96.3 Å². The van der Waals surface area contributed by atoms with Crippen LogP contribution in [0.4, 0.5) is 18.9 Å². The van der Waals surface area contributed by atoms with Crippen molar-refractivity contribution >= 4 is 23.6 Å². The molecule has 3 aromatic rings. The normalized spacial score (nSPS) is 11.8. The second-order valence-corrected chi connectivity index (χ2v) is 7.91. The lowest BCUT2D eigenvalue weighted by Gasteiger charge is -2.12. The summed E-state index contributed by atoms with van der Waals surface area (Å²) in [5, 5.41) is 5.34.